The van der Waals surface area contributed by atoms with Gasteiger partial charge in [0.15, 0.2) is 25.2 Å². The van der Waals surface area contributed by atoms with Crippen molar-refractivity contribution in [2.24, 2.45) is 5.73 Å². The fraction of sp³-hybridized carbons (Fsp3) is 0.881. The van der Waals surface area contributed by atoms with Gasteiger partial charge in [0.1, 0.15) is 97.6 Å². The molecule has 0 spiro atoms. The highest BCUT2D eigenvalue weighted by molar-refractivity contribution is 5.88. The fourth-order valence-electron chi connectivity index (χ4n) is 10.8. The number of hydrogen-bond acceptors (Lipinski definition) is 32. The number of aliphatic hydroxyl groups is 15. The van der Waals surface area contributed by atoms with E-state index in [4.69, 9.17) is 43.6 Å². The Bertz CT molecular complexity index is 2290. The number of nitrogens with one attached hydrogen (secondary N) is 7. The summed E-state index contributed by atoms with van der Waals surface area (Å²) in [5, 5.41) is 170. The molecule has 0 bridgehead atoms. The SMILES string of the molecule is C[C@@H]1O[C@@H](OCCNC(=O)CCCCCNC(=O)[C@H](CCC(=O)NCCCC[C@@H](C(=O)NCCO[C@H]2O[C@H](CO)[C@@H](O)[C@H](O)[C@@H]2O)N(CC(=O)NCCO[C@H]2O[C@H](CO)[C@@H](O)[C@H](O)[C@@H]2O)CC(=O)NCCO[C@H]2O[C@H](CO)[C@@H](O)[C@H](O)[C@@H]2O)NC(=O)CCCCCN)[C@@H](O)[C@H](O)[C@@H]1O. The lowest BCUT2D eigenvalue weighted by Crippen LogP contribution is -2.59. The van der Waals surface area contributed by atoms with E-state index < -0.39 is 210 Å². The van der Waals surface area contributed by atoms with E-state index in [1.54, 1.807) is 0 Å². The van der Waals surface area contributed by atoms with E-state index in [9.17, 15) is 110 Å². The van der Waals surface area contributed by atoms with Crippen LogP contribution in [0.1, 0.15) is 90.4 Å². The normalized spacial score (nSPS) is 31.0. The summed E-state index contributed by atoms with van der Waals surface area (Å²) in [4.78, 5) is 95.2. The van der Waals surface area contributed by atoms with Crippen LogP contribution in [0.2, 0.25) is 0 Å². The first-order chi connectivity index (χ1) is 46.8. The Kier molecular flexibility index (Phi) is 40.2. The van der Waals surface area contributed by atoms with Crippen LogP contribution >= 0.6 is 0 Å². The number of nitrogens with two attached hydrogens (primary N) is 1. The second kappa shape index (κ2) is 46.0. The molecule has 0 saturated carbocycles. The second-order valence-electron chi connectivity index (χ2n) is 24.2. The molecule has 4 rings (SSSR count). The smallest absolute Gasteiger partial charge is 0.242 e. The van der Waals surface area contributed by atoms with Crippen LogP contribution < -0.4 is 43.0 Å². The quantitative estimate of drug-likeness (QED) is 0.0252. The highest BCUT2D eigenvalue weighted by Crippen LogP contribution is 2.26. The summed E-state index contributed by atoms with van der Waals surface area (Å²) < 4.78 is 43.4. The Morgan fingerprint density at radius 1 is 0.388 bits per heavy atom. The molecular weight excluding hydrogens is 1310 g/mol. The van der Waals surface area contributed by atoms with E-state index >= 15 is 0 Å². The van der Waals surface area contributed by atoms with Gasteiger partial charge in [-0.3, -0.25) is 38.5 Å². The molecule has 0 unspecified atom stereocenters. The summed E-state index contributed by atoms with van der Waals surface area (Å²) in [6.07, 6.45) is -26.9. The Morgan fingerprint density at radius 2 is 0.755 bits per heavy atom. The van der Waals surface area contributed by atoms with Crippen LogP contribution in [-0.4, -0.2) is 363 Å². The van der Waals surface area contributed by atoms with Crippen molar-refractivity contribution in [3.63, 3.8) is 0 Å². The van der Waals surface area contributed by atoms with Gasteiger partial charge in [-0.15, -0.1) is 0 Å². The van der Waals surface area contributed by atoms with Gasteiger partial charge in [0.2, 0.25) is 41.4 Å². The molecule has 39 nitrogen and oxygen atoms in total. The number of aliphatic hydroxyl groups excluding tert-OH is 15. The summed E-state index contributed by atoms with van der Waals surface area (Å²) in [6, 6.07) is -2.46. The highest BCUT2D eigenvalue weighted by Gasteiger charge is 2.47. The maximum atomic E-state index is 14.3. The van der Waals surface area contributed by atoms with Crippen molar-refractivity contribution in [3.8, 4) is 0 Å². The van der Waals surface area contributed by atoms with E-state index in [1.807, 2.05) is 0 Å². The van der Waals surface area contributed by atoms with E-state index in [0.29, 0.717) is 45.1 Å². The Morgan fingerprint density at radius 3 is 1.21 bits per heavy atom. The first kappa shape index (κ1) is 85.7. The van der Waals surface area contributed by atoms with Gasteiger partial charge >= 0.3 is 0 Å². The number of ether oxygens (including phenoxy) is 8. The molecule has 4 heterocycles. The fourth-order valence-corrected chi connectivity index (χ4v) is 10.8. The summed E-state index contributed by atoms with van der Waals surface area (Å²) in [5.74, 6) is -4.12. The van der Waals surface area contributed by atoms with Crippen LogP contribution in [0.5, 0.6) is 0 Å². The monoisotopic (exact) mass is 1420 g/mol. The molecule has 4 fully saturated rings. The molecule has 7 amide bonds. The molecule has 24 N–H and O–H groups in total. The summed E-state index contributed by atoms with van der Waals surface area (Å²) >= 11 is 0. The number of carbonyl (C=O) groups excluding carboxylic acids is 7. The van der Waals surface area contributed by atoms with Crippen molar-refractivity contribution in [2.45, 2.75) is 225 Å². The van der Waals surface area contributed by atoms with Crippen molar-refractivity contribution in [2.75, 3.05) is 105 Å². The van der Waals surface area contributed by atoms with Crippen LogP contribution in [0.25, 0.3) is 0 Å². The van der Waals surface area contributed by atoms with Gasteiger partial charge in [0.05, 0.1) is 71.5 Å². The van der Waals surface area contributed by atoms with Crippen molar-refractivity contribution >= 4 is 41.4 Å². The molecule has 4 aliphatic heterocycles. The zero-order valence-electron chi connectivity index (χ0n) is 55.1. The Balaban J connectivity index is 1.38. The summed E-state index contributed by atoms with van der Waals surface area (Å²) in [5.41, 5.74) is 5.60. The molecular formula is C59H107N9O30. The largest absolute Gasteiger partial charge is 0.394 e. The van der Waals surface area contributed by atoms with Crippen LogP contribution in [0, 0.1) is 0 Å². The molecule has 0 radical (unpaired) electrons. The van der Waals surface area contributed by atoms with Crippen molar-refractivity contribution in [1.82, 2.24) is 42.1 Å². The number of nitrogens with zero attached hydrogens (tertiary/aromatic N) is 1. The zero-order chi connectivity index (χ0) is 72.4. The number of hydrogen-bond donors (Lipinski definition) is 23. The first-order valence-corrected chi connectivity index (χ1v) is 33.2. The maximum Gasteiger partial charge on any atom is 0.242 e. The lowest BCUT2D eigenvalue weighted by atomic mass is 9.99. The topological polar surface area (TPSA) is 610 Å². The molecule has 4 saturated heterocycles. The molecule has 0 aromatic carbocycles. The predicted octanol–water partition coefficient (Wildman–Crippen LogP) is -11.8. The molecule has 39 heteroatoms. The second-order valence-corrected chi connectivity index (χ2v) is 24.2. The van der Waals surface area contributed by atoms with Crippen LogP contribution in [0.4, 0.5) is 0 Å². The molecule has 4 aliphatic rings. The van der Waals surface area contributed by atoms with Gasteiger partial charge < -0.3 is 157 Å². The van der Waals surface area contributed by atoms with E-state index in [1.165, 1.54) is 11.8 Å². The van der Waals surface area contributed by atoms with Crippen molar-refractivity contribution in [3.05, 3.63) is 0 Å². The Hall–Kier alpha value is -4.71. The minimum atomic E-state index is -1.78. The van der Waals surface area contributed by atoms with E-state index in [2.05, 4.69) is 37.2 Å². The Labute approximate surface area is 566 Å². The van der Waals surface area contributed by atoms with Crippen LogP contribution in [0.15, 0.2) is 0 Å². The van der Waals surface area contributed by atoms with Crippen molar-refractivity contribution < 1.29 is 148 Å². The molecule has 98 heavy (non-hydrogen) atoms. The summed E-state index contributed by atoms with van der Waals surface area (Å²) in [6.45, 7) is -3.44. The number of rotatable bonds is 46. The molecule has 0 aromatic heterocycles. The number of unbranched alkanes of at least 4 members (excludes halogenated alkanes) is 5. The number of carbonyl (C=O) groups is 7. The molecule has 22 atom stereocenters. The highest BCUT2D eigenvalue weighted by atomic mass is 16.7. The van der Waals surface area contributed by atoms with Crippen LogP contribution in [0.3, 0.4) is 0 Å². The van der Waals surface area contributed by atoms with E-state index in [0.717, 1.165) is 0 Å². The van der Waals surface area contributed by atoms with E-state index in [-0.39, 0.29) is 110 Å². The third-order valence-corrected chi connectivity index (χ3v) is 16.6. The van der Waals surface area contributed by atoms with Gasteiger partial charge in [0.25, 0.3) is 0 Å². The summed E-state index contributed by atoms with van der Waals surface area (Å²) in [7, 11) is 0. The molecule has 0 aromatic rings. The van der Waals surface area contributed by atoms with Crippen molar-refractivity contribution in [1.29, 1.82) is 0 Å². The minimum Gasteiger partial charge on any atom is -0.394 e. The lowest BCUT2D eigenvalue weighted by Gasteiger charge is -2.39. The zero-order valence-corrected chi connectivity index (χ0v) is 55.1. The first-order valence-electron chi connectivity index (χ1n) is 33.2. The van der Waals surface area contributed by atoms with Gasteiger partial charge in [-0.05, 0) is 64.8 Å². The van der Waals surface area contributed by atoms with Gasteiger partial charge in [0, 0.05) is 58.5 Å². The maximum absolute atomic E-state index is 14.3. The average Bonchev–Trinajstić information content (AvgIpc) is 0.877. The third-order valence-electron chi connectivity index (χ3n) is 16.6. The van der Waals surface area contributed by atoms with Crippen LogP contribution in [-0.2, 0) is 71.5 Å². The average molecular weight is 1420 g/mol. The molecule has 568 valence electrons. The number of amides is 7. The third kappa shape index (κ3) is 28.6. The lowest BCUT2D eigenvalue weighted by molar-refractivity contribution is -0.300. The minimum absolute atomic E-state index is 0.00974. The van der Waals surface area contributed by atoms with Gasteiger partial charge in [-0.2, -0.15) is 0 Å². The molecule has 0 aliphatic carbocycles. The standard InChI is InChI=1S/C59H107N9O30/c1-31-42(77)46(81)50(85)56(95-31)91-22-18-62-37(72)11-5-3-8-17-65-54(89)32(67-39(74)12-4-2-7-15-60)13-14-38(73)61-16-9-6-10-33(55(90)66-21-25-94-59-53(88)49(84)45(80)36(30-71)98-59)68(26-40(75)63-19-23-92-57-51(86)47(82)43(78)34(28-69)96-57)27-41(76)64-20-24-93-58-52(87)48(83)44(79)35(29-70)97-58/h31-36,42-53,56-59,69-71,77-88H,2-30,60H2,1H3,(H,61,73)(H,62,72)(H,63,75)(H,64,76)(H,65,89)(H,66,90)(H,67,74)/t31-,32-,33-,34+,35+,36+,42+,43+,44+,45+,46+,47-,48-,49-,50-,51-,52-,53-,56+,57-,58-,59-/m0/s1. The van der Waals surface area contributed by atoms with Gasteiger partial charge in [-0.25, -0.2) is 0 Å². The van der Waals surface area contributed by atoms with Gasteiger partial charge in [-0.1, -0.05) is 12.8 Å². The predicted molar refractivity (Wildman–Crippen MR) is 332 cm³/mol.